The Morgan fingerprint density at radius 2 is 2.09 bits per heavy atom. The van der Waals surface area contributed by atoms with Crippen molar-refractivity contribution >= 4 is 11.0 Å². The van der Waals surface area contributed by atoms with Crippen LogP contribution in [0, 0.1) is 0 Å². The monoisotopic (exact) mass is 331 g/mol. The van der Waals surface area contributed by atoms with Gasteiger partial charge in [0, 0.05) is 20.7 Å². The summed E-state index contributed by atoms with van der Waals surface area (Å²) < 4.78 is 44.9. The van der Waals surface area contributed by atoms with Crippen LogP contribution in [0.4, 0.5) is 13.2 Å². The Balaban J connectivity index is 2.22. The number of rotatable bonds is 6. The number of hydrogen-bond donors (Lipinski definition) is 2. The summed E-state index contributed by atoms with van der Waals surface area (Å²) in [6, 6.07) is 3.29. The van der Waals surface area contributed by atoms with Gasteiger partial charge in [-0.05, 0) is 25.1 Å². The van der Waals surface area contributed by atoms with Gasteiger partial charge >= 0.3 is 6.18 Å². The van der Waals surface area contributed by atoms with Crippen molar-refractivity contribution in [3.05, 3.63) is 29.6 Å². The Labute approximate surface area is 132 Å². The first-order chi connectivity index (χ1) is 10.7. The molecule has 0 saturated heterocycles. The number of hydrogen-bond acceptors (Lipinski definition) is 4. The quantitative estimate of drug-likeness (QED) is 0.852. The second kappa shape index (κ2) is 6.86. The van der Waals surface area contributed by atoms with Crippen LogP contribution in [0.5, 0.6) is 0 Å². The highest BCUT2D eigenvalue weighted by molar-refractivity contribution is 5.77. The highest BCUT2D eigenvalue weighted by atomic mass is 19.4. The number of fused-ring (bicyclic) bond motifs is 1. The molecule has 0 saturated carbocycles. The highest BCUT2D eigenvalue weighted by Gasteiger charge is 2.31. The Kier molecular flexibility index (Phi) is 5.28. The van der Waals surface area contributed by atoms with E-state index >= 15 is 0 Å². The van der Waals surface area contributed by atoms with E-state index in [4.69, 9.17) is 4.74 Å². The number of imidazole rings is 1. The van der Waals surface area contributed by atoms with Crippen molar-refractivity contribution < 1.29 is 23.0 Å². The van der Waals surface area contributed by atoms with Gasteiger partial charge in [0.15, 0.2) is 0 Å². The maximum absolute atomic E-state index is 12.8. The lowest BCUT2D eigenvalue weighted by molar-refractivity contribution is -0.137. The zero-order chi connectivity index (χ0) is 17.2. The Hall–Kier alpha value is -1.64. The average molecular weight is 331 g/mol. The number of nitrogens with zero attached hydrogens (tertiary/aromatic N) is 2. The third-order valence-electron chi connectivity index (χ3n) is 3.65. The lowest BCUT2D eigenvalue weighted by Crippen LogP contribution is -2.32. The van der Waals surface area contributed by atoms with Crippen LogP contribution in [0.1, 0.15) is 24.4 Å². The molecule has 2 N–H and O–H groups in total. The molecule has 8 heteroatoms. The van der Waals surface area contributed by atoms with Gasteiger partial charge in [-0.2, -0.15) is 13.2 Å². The summed E-state index contributed by atoms with van der Waals surface area (Å²) in [6.07, 6.45) is -5.05. The number of benzene rings is 1. The first kappa shape index (κ1) is 17.7. The molecule has 0 aliphatic heterocycles. The minimum Gasteiger partial charge on any atom is -0.389 e. The SMILES string of the molecule is COCC(O)CNC(C)c1nc2cc(C(F)(F)F)ccc2n1C. The lowest BCUT2D eigenvalue weighted by Gasteiger charge is -2.16. The minimum absolute atomic E-state index is 0.206. The molecule has 2 rings (SSSR count). The molecule has 0 spiro atoms. The summed E-state index contributed by atoms with van der Waals surface area (Å²) in [5, 5.41) is 12.7. The number of aliphatic hydroxyl groups is 1. The molecule has 1 aromatic carbocycles. The van der Waals surface area contributed by atoms with Gasteiger partial charge in [-0.15, -0.1) is 0 Å². The van der Waals surface area contributed by atoms with Crippen LogP contribution in [0.2, 0.25) is 0 Å². The van der Waals surface area contributed by atoms with Gasteiger partial charge in [0.1, 0.15) is 5.82 Å². The van der Waals surface area contributed by atoms with Crippen LogP contribution in [-0.4, -0.2) is 41.0 Å². The summed E-state index contributed by atoms with van der Waals surface area (Å²) in [5.74, 6) is 0.601. The van der Waals surface area contributed by atoms with E-state index in [0.29, 0.717) is 23.4 Å². The molecule has 0 bridgehead atoms. The maximum atomic E-state index is 12.8. The standard InChI is InChI=1S/C15H20F3N3O2/c1-9(19-7-11(22)8-23-3)14-20-12-6-10(15(16,17)18)4-5-13(12)21(14)2/h4-6,9,11,19,22H,7-8H2,1-3H3. The van der Waals surface area contributed by atoms with Crippen molar-refractivity contribution in [2.45, 2.75) is 25.2 Å². The zero-order valence-electron chi connectivity index (χ0n) is 13.2. The molecule has 0 fully saturated rings. The number of ether oxygens (including phenoxy) is 1. The Morgan fingerprint density at radius 3 is 2.70 bits per heavy atom. The molecule has 2 atom stereocenters. The van der Waals surface area contributed by atoms with E-state index < -0.39 is 17.8 Å². The fraction of sp³-hybridized carbons (Fsp3) is 0.533. The third-order valence-corrected chi connectivity index (χ3v) is 3.65. The molecule has 0 radical (unpaired) electrons. The second-order valence-electron chi connectivity index (χ2n) is 5.47. The van der Waals surface area contributed by atoms with Crippen molar-refractivity contribution in [1.82, 2.24) is 14.9 Å². The highest BCUT2D eigenvalue weighted by Crippen LogP contribution is 2.31. The molecule has 0 aliphatic carbocycles. The number of alkyl halides is 3. The summed E-state index contributed by atoms with van der Waals surface area (Å²) in [5.41, 5.74) is 0.202. The van der Waals surface area contributed by atoms with E-state index in [1.54, 1.807) is 11.6 Å². The Morgan fingerprint density at radius 1 is 1.39 bits per heavy atom. The summed E-state index contributed by atoms with van der Waals surface area (Å²) in [7, 11) is 3.25. The van der Waals surface area contributed by atoms with Gasteiger partial charge in [0.25, 0.3) is 0 Å². The molecule has 0 amide bonds. The lowest BCUT2D eigenvalue weighted by atomic mass is 10.2. The maximum Gasteiger partial charge on any atom is 0.416 e. The van der Waals surface area contributed by atoms with E-state index in [0.717, 1.165) is 12.1 Å². The third kappa shape index (κ3) is 4.01. The van der Waals surface area contributed by atoms with E-state index in [2.05, 4.69) is 10.3 Å². The van der Waals surface area contributed by atoms with E-state index in [-0.39, 0.29) is 12.6 Å². The number of halogens is 3. The van der Waals surface area contributed by atoms with Crippen LogP contribution in [-0.2, 0) is 18.0 Å². The van der Waals surface area contributed by atoms with Crippen molar-refractivity contribution in [2.24, 2.45) is 7.05 Å². The van der Waals surface area contributed by atoms with Crippen molar-refractivity contribution in [2.75, 3.05) is 20.3 Å². The molecule has 2 aromatic rings. The normalized spacial score (nSPS) is 15.1. The van der Waals surface area contributed by atoms with Crippen molar-refractivity contribution in [1.29, 1.82) is 0 Å². The molecule has 0 aliphatic rings. The van der Waals surface area contributed by atoms with Gasteiger partial charge in [0.05, 0.1) is 35.3 Å². The van der Waals surface area contributed by atoms with Gasteiger partial charge in [0.2, 0.25) is 0 Å². The molecule has 1 aromatic heterocycles. The minimum atomic E-state index is -4.39. The molecule has 128 valence electrons. The molecule has 2 unspecified atom stereocenters. The van der Waals surface area contributed by atoms with Gasteiger partial charge in [-0.3, -0.25) is 0 Å². The predicted molar refractivity (Wildman–Crippen MR) is 80.0 cm³/mol. The number of aliphatic hydroxyl groups excluding tert-OH is 1. The molecule has 23 heavy (non-hydrogen) atoms. The van der Waals surface area contributed by atoms with Crippen LogP contribution in [0.3, 0.4) is 0 Å². The number of nitrogens with one attached hydrogen (secondary N) is 1. The fourth-order valence-electron chi connectivity index (χ4n) is 2.44. The van der Waals surface area contributed by atoms with Crippen molar-refractivity contribution in [3.8, 4) is 0 Å². The average Bonchev–Trinajstić information content (AvgIpc) is 2.81. The predicted octanol–water partition coefficient (Wildman–Crippen LogP) is 2.25. The van der Waals surface area contributed by atoms with Gasteiger partial charge in [-0.25, -0.2) is 4.98 Å². The second-order valence-corrected chi connectivity index (χ2v) is 5.47. The molecule has 1 heterocycles. The van der Waals surface area contributed by atoms with Crippen LogP contribution < -0.4 is 5.32 Å². The smallest absolute Gasteiger partial charge is 0.389 e. The fourth-order valence-corrected chi connectivity index (χ4v) is 2.44. The van der Waals surface area contributed by atoms with Gasteiger partial charge < -0.3 is 19.7 Å². The van der Waals surface area contributed by atoms with Crippen LogP contribution in [0.25, 0.3) is 11.0 Å². The summed E-state index contributed by atoms with van der Waals surface area (Å²) in [4.78, 5) is 4.30. The van der Waals surface area contributed by atoms with Gasteiger partial charge in [-0.1, -0.05) is 0 Å². The molecular formula is C15H20F3N3O2. The van der Waals surface area contributed by atoms with Crippen molar-refractivity contribution in [3.63, 3.8) is 0 Å². The topological polar surface area (TPSA) is 59.3 Å². The molecule has 5 nitrogen and oxygen atoms in total. The number of methoxy groups -OCH3 is 1. The zero-order valence-corrected chi connectivity index (χ0v) is 13.2. The summed E-state index contributed by atoms with van der Waals surface area (Å²) in [6.45, 7) is 2.34. The van der Waals surface area contributed by atoms with Crippen LogP contribution in [0.15, 0.2) is 18.2 Å². The number of aromatic nitrogens is 2. The van der Waals surface area contributed by atoms with E-state index in [9.17, 15) is 18.3 Å². The van der Waals surface area contributed by atoms with E-state index in [1.165, 1.54) is 13.2 Å². The summed E-state index contributed by atoms with van der Waals surface area (Å²) >= 11 is 0. The first-order valence-corrected chi connectivity index (χ1v) is 7.18. The first-order valence-electron chi connectivity index (χ1n) is 7.18. The Bertz CT molecular complexity index is 670. The number of aryl methyl sites for hydroxylation is 1. The largest absolute Gasteiger partial charge is 0.416 e. The van der Waals surface area contributed by atoms with Crippen LogP contribution >= 0.6 is 0 Å². The molecular weight excluding hydrogens is 311 g/mol. The van der Waals surface area contributed by atoms with E-state index in [1.807, 2.05) is 6.92 Å².